The number of aryl methyl sites for hydroxylation is 2. The minimum Gasteiger partial charge on any atom is -0.323 e. The van der Waals surface area contributed by atoms with Gasteiger partial charge in [-0.3, -0.25) is 14.2 Å². The summed E-state index contributed by atoms with van der Waals surface area (Å²) in [7, 11) is 0. The first-order valence-corrected chi connectivity index (χ1v) is 11.9. The summed E-state index contributed by atoms with van der Waals surface area (Å²) >= 11 is 1.31. The van der Waals surface area contributed by atoms with Crippen LogP contribution in [0.15, 0.2) is 78.0 Å². The van der Waals surface area contributed by atoms with E-state index in [2.05, 4.69) is 41.5 Å². The molecule has 0 fully saturated rings. The van der Waals surface area contributed by atoms with Gasteiger partial charge in [-0.15, -0.1) is 10.2 Å². The van der Waals surface area contributed by atoms with Crippen molar-refractivity contribution in [3.8, 4) is 17.1 Å². The molecule has 170 valence electrons. The summed E-state index contributed by atoms with van der Waals surface area (Å²) in [5.41, 5.74) is 5.57. The van der Waals surface area contributed by atoms with Crippen molar-refractivity contribution in [1.82, 2.24) is 14.8 Å². The van der Waals surface area contributed by atoms with E-state index >= 15 is 0 Å². The Morgan fingerprint density at radius 1 is 0.971 bits per heavy atom. The lowest BCUT2D eigenvalue weighted by atomic mass is 10.1. The Balaban J connectivity index is 1.47. The molecule has 0 saturated carbocycles. The van der Waals surface area contributed by atoms with E-state index in [1.165, 1.54) is 22.2 Å². The quantitative estimate of drug-likeness (QED) is 0.431. The molecular weight excluding hydrogens is 446 g/mol. The van der Waals surface area contributed by atoms with Gasteiger partial charge >= 0.3 is 0 Å². The lowest BCUT2D eigenvalue weighted by molar-refractivity contribution is -0.120. The summed E-state index contributed by atoms with van der Waals surface area (Å²) in [4.78, 5) is 26.8. The van der Waals surface area contributed by atoms with Gasteiger partial charge in [0.25, 0.3) is 0 Å². The molecule has 0 bridgehead atoms. The van der Waals surface area contributed by atoms with Gasteiger partial charge in [0.15, 0.2) is 11.0 Å². The summed E-state index contributed by atoms with van der Waals surface area (Å²) in [5, 5.41) is 12.3. The van der Waals surface area contributed by atoms with Crippen LogP contribution in [-0.4, -0.2) is 38.9 Å². The van der Waals surface area contributed by atoms with E-state index in [-0.39, 0.29) is 24.1 Å². The zero-order valence-electron chi connectivity index (χ0n) is 18.9. The number of para-hydroxylation sites is 2. The van der Waals surface area contributed by atoms with E-state index in [0.29, 0.717) is 22.4 Å². The summed E-state index contributed by atoms with van der Waals surface area (Å²) in [6.07, 6.45) is 0. The zero-order chi connectivity index (χ0) is 23.7. The molecular formula is C26H23N5O2S. The van der Waals surface area contributed by atoms with Crippen molar-refractivity contribution in [1.29, 1.82) is 0 Å². The topological polar surface area (TPSA) is 80.1 Å². The number of carbonyl (C=O) groups is 2. The molecule has 5 rings (SSSR count). The van der Waals surface area contributed by atoms with Gasteiger partial charge in [0.2, 0.25) is 11.8 Å². The third-order valence-electron chi connectivity index (χ3n) is 5.81. The van der Waals surface area contributed by atoms with Gasteiger partial charge in [-0.05, 0) is 49.2 Å². The van der Waals surface area contributed by atoms with Gasteiger partial charge in [-0.1, -0.05) is 60.3 Å². The highest BCUT2D eigenvalue weighted by Gasteiger charge is 2.27. The number of hydrogen-bond acceptors (Lipinski definition) is 5. The largest absolute Gasteiger partial charge is 0.323 e. The third kappa shape index (κ3) is 4.20. The number of aromatic nitrogens is 3. The van der Waals surface area contributed by atoms with E-state index in [9.17, 15) is 9.59 Å². The lowest BCUT2D eigenvalue weighted by Crippen LogP contribution is -2.43. The minimum atomic E-state index is -0.207. The van der Waals surface area contributed by atoms with Crippen LogP contribution in [0.1, 0.15) is 11.1 Å². The van der Waals surface area contributed by atoms with Crippen molar-refractivity contribution in [2.75, 3.05) is 22.5 Å². The first-order chi connectivity index (χ1) is 16.5. The highest BCUT2D eigenvalue weighted by Crippen LogP contribution is 2.32. The number of anilines is 2. The standard InChI is InChI=1S/C26H23N5O2S/c1-17-12-13-20(14-18(17)2)31-25(19-8-4-3-5-9-19)28-29-26(31)34-16-24(33)30-15-23(32)27-21-10-6-7-11-22(21)30/h3-14H,15-16H2,1-2H3,(H,27,32). The third-order valence-corrected chi connectivity index (χ3v) is 6.72. The van der Waals surface area contributed by atoms with Crippen molar-refractivity contribution in [2.24, 2.45) is 0 Å². The minimum absolute atomic E-state index is 0.00445. The number of fused-ring (bicyclic) bond motifs is 1. The van der Waals surface area contributed by atoms with Gasteiger partial charge in [0.1, 0.15) is 6.54 Å². The molecule has 1 N–H and O–H groups in total. The Kier molecular flexibility index (Phi) is 5.90. The highest BCUT2D eigenvalue weighted by molar-refractivity contribution is 7.99. The van der Waals surface area contributed by atoms with Gasteiger partial charge in [0, 0.05) is 5.56 Å². The highest BCUT2D eigenvalue weighted by atomic mass is 32.2. The van der Waals surface area contributed by atoms with Crippen molar-refractivity contribution in [3.05, 3.63) is 83.9 Å². The number of amides is 2. The van der Waals surface area contributed by atoms with Crippen molar-refractivity contribution >= 4 is 35.0 Å². The molecule has 0 saturated heterocycles. The Bertz CT molecular complexity index is 1380. The van der Waals surface area contributed by atoms with Crippen LogP contribution in [-0.2, 0) is 9.59 Å². The molecule has 34 heavy (non-hydrogen) atoms. The normalized spacial score (nSPS) is 12.9. The molecule has 1 aromatic heterocycles. The summed E-state index contributed by atoms with van der Waals surface area (Å²) in [6.45, 7) is 4.14. The maximum atomic E-state index is 13.2. The predicted molar refractivity (Wildman–Crippen MR) is 134 cm³/mol. The first kappa shape index (κ1) is 21.9. The van der Waals surface area contributed by atoms with Crippen LogP contribution in [0.25, 0.3) is 17.1 Å². The maximum absolute atomic E-state index is 13.2. The van der Waals surface area contributed by atoms with E-state index < -0.39 is 0 Å². The molecule has 0 aliphatic carbocycles. The van der Waals surface area contributed by atoms with Gasteiger partial charge in [0.05, 0.1) is 22.8 Å². The van der Waals surface area contributed by atoms with E-state index in [1.54, 1.807) is 6.07 Å². The SMILES string of the molecule is Cc1ccc(-n2c(SCC(=O)N3CC(=O)Nc4ccccc43)nnc2-c2ccccc2)cc1C. The summed E-state index contributed by atoms with van der Waals surface area (Å²) in [5.74, 6) is 0.464. The number of carbonyl (C=O) groups excluding carboxylic acids is 2. The summed E-state index contributed by atoms with van der Waals surface area (Å²) < 4.78 is 1.98. The Labute approximate surface area is 201 Å². The first-order valence-electron chi connectivity index (χ1n) is 10.9. The van der Waals surface area contributed by atoms with Crippen molar-refractivity contribution in [3.63, 3.8) is 0 Å². The molecule has 3 aromatic carbocycles. The van der Waals surface area contributed by atoms with Crippen molar-refractivity contribution < 1.29 is 9.59 Å². The Morgan fingerprint density at radius 2 is 1.74 bits per heavy atom. The molecule has 8 heteroatoms. The van der Waals surface area contributed by atoms with Crippen LogP contribution < -0.4 is 10.2 Å². The van der Waals surface area contributed by atoms with Crippen LogP contribution in [0.3, 0.4) is 0 Å². The fraction of sp³-hybridized carbons (Fsp3) is 0.154. The Hall–Kier alpha value is -3.91. The van der Waals surface area contributed by atoms with Crippen LogP contribution in [0, 0.1) is 13.8 Å². The van der Waals surface area contributed by atoms with Crippen molar-refractivity contribution in [2.45, 2.75) is 19.0 Å². The number of nitrogens with one attached hydrogen (secondary N) is 1. The molecule has 2 amide bonds. The van der Waals surface area contributed by atoms with Gasteiger partial charge < -0.3 is 10.2 Å². The number of hydrogen-bond donors (Lipinski definition) is 1. The molecule has 0 unspecified atom stereocenters. The number of benzene rings is 3. The molecule has 1 aliphatic heterocycles. The number of rotatable bonds is 5. The summed E-state index contributed by atoms with van der Waals surface area (Å²) in [6, 6.07) is 23.4. The predicted octanol–water partition coefficient (Wildman–Crippen LogP) is 4.63. The second-order valence-electron chi connectivity index (χ2n) is 8.11. The molecule has 1 aliphatic rings. The zero-order valence-corrected chi connectivity index (χ0v) is 19.7. The molecule has 0 radical (unpaired) electrons. The van der Waals surface area contributed by atoms with E-state index in [4.69, 9.17) is 0 Å². The number of nitrogens with zero attached hydrogens (tertiary/aromatic N) is 4. The fourth-order valence-electron chi connectivity index (χ4n) is 3.90. The number of thioether (sulfide) groups is 1. The monoisotopic (exact) mass is 469 g/mol. The second kappa shape index (κ2) is 9.15. The van der Waals surface area contributed by atoms with Gasteiger partial charge in [-0.25, -0.2) is 0 Å². The smallest absolute Gasteiger partial charge is 0.244 e. The average molecular weight is 470 g/mol. The van der Waals surface area contributed by atoms with E-state index in [1.807, 2.05) is 59.2 Å². The Morgan fingerprint density at radius 3 is 2.53 bits per heavy atom. The second-order valence-corrected chi connectivity index (χ2v) is 9.05. The van der Waals surface area contributed by atoms with Crippen LogP contribution in [0.2, 0.25) is 0 Å². The van der Waals surface area contributed by atoms with E-state index in [0.717, 1.165) is 16.8 Å². The fourth-order valence-corrected chi connectivity index (χ4v) is 4.72. The molecule has 2 heterocycles. The molecule has 7 nitrogen and oxygen atoms in total. The van der Waals surface area contributed by atoms with Gasteiger partial charge in [-0.2, -0.15) is 0 Å². The lowest BCUT2D eigenvalue weighted by Gasteiger charge is -2.29. The molecule has 0 spiro atoms. The van der Waals surface area contributed by atoms with Crippen LogP contribution in [0.5, 0.6) is 0 Å². The van der Waals surface area contributed by atoms with Crippen LogP contribution in [0.4, 0.5) is 11.4 Å². The van der Waals surface area contributed by atoms with Crippen LogP contribution >= 0.6 is 11.8 Å². The average Bonchev–Trinajstić information content (AvgIpc) is 3.28. The maximum Gasteiger partial charge on any atom is 0.244 e. The molecule has 0 atom stereocenters. The molecule has 4 aromatic rings.